The molecule has 0 unspecified atom stereocenters. The summed E-state index contributed by atoms with van der Waals surface area (Å²) in [6, 6.07) is 18.3. The van der Waals surface area contributed by atoms with Crippen molar-refractivity contribution in [2.24, 2.45) is 0 Å². The Morgan fingerprint density at radius 3 is 2.64 bits per heavy atom. The third kappa shape index (κ3) is 4.41. The molecule has 0 fully saturated rings. The summed E-state index contributed by atoms with van der Waals surface area (Å²) in [6.07, 6.45) is 2.19. The first-order valence-electron chi connectivity index (χ1n) is 8.01. The van der Waals surface area contributed by atoms with Gasteiger partial charge in [-0.1, -0.05) is 48.5 Å². The van der Waals surface area contributed by atoms with Crippen LogP contribution in [0.15, 0.2) is 66.9 Å². The number of hydrogen-bond acceptors (Lipinski definition) is 4. The molecule has 1 heterocycles. The number of rotatable bonds is 6. The number of para-hydroxylation sites is 1. The summed E-state index contributed by atoms with van der Waals surface area (Å²) in [5, 5.41) is 3.57. The van der Waals surface area contributed by atoms with Gasteiger partial charge in [-0.15, -0.1) is 0 Å². The molecular weight excluding hydrogens is 316 g/mol. The van der Waals surface area contributed by atoms with Crippen molar-refractivity contribution in [1.82, 2.24) is 10.3 Å². The van der Waals surface area contributed by atoms with Gasteiger partial charge in [-0.2, -0.15) is 0 Å². The van der Waals surface area contributed by atoms with E-state index < -0.39 is 12.1 Å². The van der Waals surface area contributed by atoms with Crippen LogP contribution in [-0.2, 0) is 22.6 Å². The standard InChI is InChI=1S/C20H18N2O3/c23-13-17(22-20(24)25-14-15-6-2-1-3-7-15)12-16-10-11-21-19-9-5-4-8-18(16)19/h1-11,13,17H,12,14H2,(H,22,24)/t17-/m0/s1. The van der Waals surface area contributed by atoms with Crippen molar-refractivity contribution >= 4 is 23.3 Å². The number of ether oxygens (including phenoxy) is 1. The number of carbonyl (C=O) groups is 2. The Bertz CT molecular complexity index is 860. The summed E-state index contributed by atoms with van der Waals surface area (Å²) in [7, 11) is 0. The highest BCUT2D eigenvalue weighted by molar-refractivity contribution is 5.82. The number of nitrogens with zero attached hydrogens (tertiary/aromatic N) is 1. The lowest BCUT2D eigenvalue weighted by Crippen LogP contribution is -2.38. The van der Waals surface area contributed by atoms with Gasteiger partial charge in [0.25, 0.3) is 0 Å². The number of fused-ring (bicyclic) bond motifs is 1. The molecule has 2 aromatic carbocycles. The van der Waals surface area contributed by atoms with Gasteiger partial charge in [0, 0.05) is 18.0 Å². The second-order valence-corrected chi connectivity index (χ2v) is 5.64. The summed E-state index contributed by atoms with van der Waals surface area (Å²) in [4.78, 5) is 27.6. The van der Waals surface area contributed by atoms with Crippen molar-refractivity contribution in [3.63, 3.8) is 0 Å². The van der Waals surface area contributed by atoms with Gasteiger partial charge < -0.3 is 14.8 Å². The third-order valence-corrected chi connectivity index (χ3v) is 3.86. The molecule has 1 atom stereocenters. The summed E-state index contributed by atoms with van der Waals surface area (Å²) >= 11 is 0. The first-order valence-corrected chi connectivity index (χ1v) is 8.01. The number of benzene rings is 2. The molecule has 0 bridgehead atoms. The lowest BCUT2D eigenvalue weighted by atomic mass is 10.0. The topological polar surface area (TPSA) is 68.3 Å². The van der Waals surface area contributed by atoms with Crippen LogP contribution in [0.3, 0.4) is 0 Å². The third-order valence-electron chi connectivity index (χ3n) is 3.86. The molecule has 0 saturated heterocycles. The van der Waals surface area contributed by atoms with E-state index in [1.807, 2.05) is 60.7 Å². The molecule has 0 radical (unpaired) electrons. The Hall–Kier alpha value is -3.21. The van der Waals surface area contributed by atoms with E-state index in [1.54, 1.807) is 6.20 Å². The molecule has 0 aliphatic rings. The molecule has 3 rings (SSSR count). The number of amides is 1. The molecule has 1 aromatic heterocycles. The van der Waals surface area contributed by atoms with Crippen LogP contribution in [0.5, 0.6) is 0 Å². The number of carbonyl (C=O) groups excluding carboxylic acids is 2. The van der Waals surface area contributed by atoms with Gasteiger partial charge in [-0.3, -0.25) is 4.98 Å². The summed E-state index contributed by atoms with van der Waals surface area (Å²) in [6.45, 7) is 0.163. The molecule has 0 aliphatic carbocycles. The molecule has 1 N–H and O–H groups in total. The smallest absolute Gasteiger partial charge is 0.408 e. The van der Waals surface area contributed by atoms with Crippen LogP contribution in [0.4, 0.5) is 4.79 Å². The van der Waals surface area contributed by atoms with Gasteiger partial charge in [0.05, 0.1) is 11.6 Å². The van der Waals surface area contributed by atoms with Gasteiger partial charge in [-0.25, -0.2) is 4.79 Å². The van der Waals surface area contributed by atoms with Crippen molar-refractivity contribution in [3.05, 3.63) is 78.0 Å². The van der Waals surface area contributed by atoms with Crippen LogP contribution < -0.4 is 5.32 Å². The molecule has 126 valence electrons. The normalized spacial score (nSPS) is 11.7. The zero-order valence-corrected chi connectivity index (χ0v) is 13.6. The number of aromatic nitrogens is 1. The molecular formula is C20H18N2O3. The minimum atomic E-state index is -0.658. The summed E-state index contributed by atoms with van der Waals surface area (Å²) in [5.74, 6) is 0. The molecule has 0 aliphatic heterocycles. The Labute approximate surface area is 145 Å². The predicted molar refractivity (Wildman–Crippen MR) is 95.1 cm³/mol. The molecule has 0 spiro atoms. The average Bonchev–Trinajstić information content (AvgIpc) is 2.67. The lowest BCUT2D eigenvalue weighted by molar-refractivity contribution is -0.109. The van der Waals surface area contributed by atoms with Gasteiger partial charge in [0.15, 0.2) is 0 Å². The maximum absolute atomic E-state index is 11.9. The van der Waals surface area contributed by atoms with E-state index in [2.05, 4.69) is 10.3 Å². The van der Waals surface area contributed by atoms with Crippen LogP contribution in [0.25, 0.3) is 10.9 Å². The van der Waals surface area contributed by atoms with Gasteiger partial charge >= 0.3 is 6.09 Å². The number of pyridine rings is 1. The highest BCUT2D eigenvalue weighted by Gasteiger charge is 2.14. The average molecular weight is 334 g/mol. The van der Waals surface area contributed by atoms with E-state index in [9.17, 15) is 9.59 Å². The van der Waals surface area contributed by atoms with Gasteiger partial charge in [0.1, 0.15) is 12.9 Å². The molecule has 3 aromatic rings. The van der Waals surface area contributed by atoms with Crippen molar-refractivity contribution in [3.8, 4) is 0 Å². The van der Waals surface area contributed by atoms with Gasteiger partial charge in [-0.05, 0) is 23.3 Å². The quantitative estimate of drug-likeness (QED) is 0.703. The van der Waals surface area contributed by atoms with Crippen molar-refractivity contribution < 1.29 is 14.3 Å². The number of aldehydes is 1. The Kier molecular flexibility index (Phi) is 5.36. The maximum atomic E-state index is 11.9. The second-order valence-electron chi connectivity index (χ2n) is 5.64. The highest BCUT2D eigenvalue weighted by atomic mass is 16.5. The highest BCUT2D eigenvalue weighted by Crippen LogP contribution is 2.17. The zero-order chi connectivity index (χ0) is 17.5. The Balaban J connectivity index is 1.62. The predicted octanol–water partition coefficient (Wildman–Crippen LogP) is 3.27. The van der Waals surface area contributed by atoms with Crippen molar-refractivity contribution in [2.75, 3.05) is 0 Å². The fraction of sp³-hybridized carbons (Fsp3) is 0.150. The largest absolute Gasteiger partial charge is 0.445 e. The lowest BCUT2D eigenvalue weighted by Gasteiger charge is -2.14. The van der Waals surface area contributed by atoms with Crippen LogP contribution in [0.2, 0.25) is 0 Å². The molecule has 1 amide bonds. The number of nitrogens with one attached hydrogen (secondary N) is 1. The van der Waals surface area contributed by atoms with Crippen LogP contribution >= 0.6 is 0 Å². The minimum absolute atomic E-state index is 0.163. The van der Waals surface area contributed by atoms with Crippen LogP contribution in [-0.4, -0.2) is 23.4 Å². The zero-order valence-electron chi connectivity index (χ0n) is 13.6. The van der Waals surface area contributed by atoms with E-state index in [0.717, 1.165) is 28.3 Å². The Morgan fingerprint density at radius 1 is 1.08 bits per heavy atom. The maximum Gasteiger partial charge on any atom is 0.408 e. The van der Waals surface area contributed by atoms with Gasteiger partial charge in [0.2, 0.25) is 0 Å². The van der Waals surface area contributed by atoms with Crippen molar-refractivity contribution in [2.45, 2.75) is 19.1 Å². The van der Waals surface area contributed by atoms with E-state index in [0.29, 0.717) is 6.42 Å². The van der Waals surface area contributed by atoms with E-state index >= 15 is 0 Å². The second kappa shape index (κ2) is 8.06. The monoisotopic (exact) mass is 334 g/mol. The molecule has 5 nitrogen and oxygen atoms in total. The van der Waals surface area contributed by atoms with E-state index in [1.165, 1.54) is 0 Å². The van der Waals surface area contributed by atoms with Crippen LogP contribution in [0, 0.1) is 0 Å². The number of hydrogen-bond donors (Lipinski definition) is 1. The summed E-state index contributed by atoms with van der Waals surface area (Å²) < 4.78 is 5.16. The minimum Gasteiger partial charge on any atom is -0.445 e. The molecule has 0 saturated carbocycles. The fourth-order valence-corrected chi connectivity index (χ4v) is 2.62. The first-order chi connectivity index (χ1) is 12.3. The molecule has 25 heavy (non-hydrogen) atoms. The van der Waals surface area contributed by atoms with Crippen LogP contribution in [0.1, 0.15) is 11.1 Å². The number of alkyl carbamates (subject to hydrolysis) is 1. The molecule has 5 heteroatoms. The fourth-order valence-electron chi connectivity index (χ4n) is 2.62. The summed E-state index contributed by atoms with van der Waals surface area (Å²) in [5.41, 5.74) is 2.70. The van der Waals surface area contributed by atoms with Crippen molar-refractivity contribution in [1.29, 1.82) is 0 Å². The SMILES string of the molecule is O=C[C@H](Cc1ccnc2ccccc12)NC(=O)OCc1ccccc1. The Morgan fingerprint density at radius 2 is 1.84 bits per heavy atom. The first kappa shape index (κ1) is 16.6. The van der Waals surface area contributed by atoms with E-state index in [4.69, 9.17) is 4.74 Å². The van der Waals surface area contributed by atoms with E-state index in [-0.39, 0.29) is 6.61 Å².